The summed E-state index contributed by atoms with van der Waals surface area (Å²) in [5, 5.41) is 0. The average molecular weight is 472 g/mol. The minimum atomic E-state index is -1.09. The number of nitrogens with zero attached hydrogens (tertiary/aromatic N) is 2. The zero-order valence-corrected chi connectivity index (χ0v) is 20.1. The highest BCUT2D eigenvalue weighted by Crippen LogP contribution is 2.60. The number of amides is 1. The maximum atomic E-state index is 13.3. The van der Waals surface area contributed by atoms with E-state index in [0.29, 0.717) is 6.73 Å². The summed E-state index contributed by atoms with van der Waals surface area (Å²) in [6, 6.07) is 1.15. The summed E-state index contributed by atoms with van der Waals surface area (Å²) in [6.45, 7) is 8.32. The van der Waals surface area contributed by atoms with Crippen molar-refractivity contribution < 1.29 is 9.53 Å². The number of hydrogen-bond acceptors (Lipinski definition) is 3. The Hall–Kier alpha value is -0.243. The molecule has 4 fully saturated rings. The Kier molecular flexibility index (Phi) is 5.60. The summed E-state index contributed by atoms with van der Waals surface area (Å²) in [5.74, 6) is 2.43. The maximum Gasteiger partial charge on any atom is 0.254 e. The van der Waals surface area contributed by atoms with Crippen LogP contribution in [0.25, 0.3) is 0 Å². The Morgan fingerprint density at radius 1 is 1.26 bits per heavy atom. The van der Waals surface area contributed by atoms with Gasteiger partial charge in [-0.1, -0.05) is 31.0 Å². The molecule has 27 heavy (non-hydrogen) atoms. The molecule has 4 saturated carbocycles. The highest BCUT2D eigenvalue weighted by molar-refractivity contribution is 9.11. The predicted octanol–water partition coefficient (Wildman–Crippen LogP) is 5.27. The van der Waals surface area contributed by atoms with Gasteiger partial charge in [0.05, 0.1) is 9.20 Å². The lowest BCUT2D eigenvalue weighted by molar-refractivity contribution is -0.142. The fraction of sp³-hybridized carbons (Fsp3) is 0.800. The van der Waals surface area contributed by atoms with E-state index < -0.39 is 8.07 Å². The van der Waals surface area contributed by atoms with Crippen LogP contribution in [0.4, 0.5) is 0 Å². The van der Waals surface area contributed by atoms with Gasteiger partial charge in [-0.25, -0.2) is 0 Å². The molecule has 0 aliphatic heterocycles. The second kappa shape index (κ2) is 7.54. The van der Waals surface area contributed by atoms with Crippen LogP contribution in [-0.2, 0) is 16.3 Å². The zero-order chi connectivity index (χ0) is 19.2. The molecule has 1 aromatic rings. The molecule has 5 rings (SSSR count). The summed E-state index contributed by atoms with van der Waals surface area (Å²) in [5.41, 5.74) is -0.165. The summed E-state index contributed by atoms with van der Waals surface area (Å²) in [4.78, 5) is 18.7. The SMILES string of the molecule is C[Si](C)(C)CCOCn1cc(Br)s/c1=N\C(=O)C12CC3CC(CC(C3)C1)C2. The van der Waals surface area contributed by atoms with Crippen LogP contribution in [0.15, 0.2) is 15.0 Å². The fourth-order valence-electron chi connectivity index (χ4n) is 5.65. The van der Waals surface area contributed by atoms with Crippen LogP contribution >= 0.6 is 27.3 Å². The van der Waals surface area contributed by atoms with Gasteiger partial charge in [-0.05, 0) is 78.3 Å². The molecule has 0 N–H and O–H groups in total. The van der Waals surface area contributed by atoms with Gasteiger partial charge in [0.1, 0.15) is 6.73 Å². The lowest BCUT2D eigenvalue weighted by Gasteiger charge is -2.55. The van der Waals surface area contributed by atoms with Gasteiger partial charge >= 0.3 is 0 Å². The van der Waals surface area contributed by atoms with Gasteiger partial charge in [0.15, 0.2) is 4.80 Å². The first-order valence-electron chi connectivity index (χ1n) is 10.3. The summed E-state index contributed by atoms with van der Waals surface area (Å²) >= 11 is 5.09. The molecule has 1 heterocycles. The largest absolute Gasteiger partial charge is 0.361 e. The van der Waals surface area contributed by atoms with Gasteiger partial charge in [-0.15, -0.1) is 0 Å². The van der Waals surface area contributed by atoms with E-state index in [9.17, 15) is 4.79 Å². The molecule has 4 aliphatic rings. The van der Waals surface area contributed by atoms with Gasteiger partial charge < -0.3 is 4.74 Å². The van der Waals surface area contributed by atoms with E-state index in [0.717, 1.165) is 58.3 Å². The molecule has 0 atom stereocenters. The highest BCUT2D eigenvalue weighted by Gasteiger charge is 2.54. The van der Waals surface area contributed by atoms with E-state index in [1.807, 2.05) is 10.8 Å². The molecule has 4 bridgehead atoms. The van der Waals surface area contributed by atoms with Crippen molar-refractivity contribution in [3.63, 3.8) is 0 Å². The lowest BCUT2D eigenvalue weighted by Crippen LogP contribution is -2.49. The van der Waals surface area contributed by atoms with Crippen LogP contribution in [0.1, 0.15) is 38.5 Å². The minimum Gasteiger partial charge on any atom is -0.361 e. The van der Waals surface area contributed by atoms with Gasteiger partial charge in [0.2, 0.25) is 0 Å². The van der Waals surface area contributed by atoms with Crippen molar-refractivity contribution in [3.05, 3.63) is 14.8 Å². The molecule has 1 amide bonds. The van der Waals surface area contributed by atoms with Crippen molar-refractivity contribution in [1.82, 2.24) is 4.57 Å². The molecule has 0 unspecified atom stereocenters. The Morgan fingerprint density at radius 2 is 1.85 bits per heavy atom. The van der Waals surface area contributed by atoms with E-state index in [2.05, 4.69) is 40.6 Å². The summed E-state index contributed by atoms with van der Waals surface area (Å²) < 4.78 is 8.87. The zero-order valence-electron chi connectivity index (χ0n) is 16.7. The molecule has 1 aromatic heterocycles. The van der Waals surface area contributed by atoms with E-state index in [1.165, 1.54) is 30.6 Å². The Labute approximate surface area is 175 Å². The van der Waals surface area contributed by atoms with Crippen molar-refractivity contribution in [2.45, 2.75) is 70.9 Å². The van der Waals surface area contributed by atoms with Crippen LogP contribution in [0.5, 0.6) is 0 Å². The topological polar surface area (TPSA) is 43.6 Å². The molecule has 0 spiro atoms. The maximum absolute atomic E-state index is 13.3. The highest BCUT2D eigenvalue weighted by atomic mass is 79.9. The Balaban J connectivity index is 1.48. The summed E-state index contributed by atoms with van der Waals surface area (Å²) in [7, 11) is -1.09. The number of hydrogen-bond donors (Lipinski definition) is 0. The van der Waals surface area contributed by atoms with Crippen molar-refractivity contribution in [2.24, 2.45) is 28.2 Å². The number of halogens is 1. The molecule has 4 nitrogen and oxygen atoms in total. The van der Waals surface area contributed by atoms with E-state index in [4.69, 9.17) is 4.74 Å². The molecular formula is C20H31BrN2O2SSi. The monoisotopic (exact) mass is 470 g/mol. The van der Waals surface area contributed by atoms with E-state index in [-0.39, 0.29) is 11.3 Å². The number of carbonyl (C=O) groups is 1. The molecular weight excluding hydrogens is 440 g/mol. The van der Waals surface area contributed by atoms with E-state index in [1.54, 1.807) is 0 Å². The first kappa shape index (κ1) is 20.0. The van der Waals surface area contributed by atoms with Crippen LogP contribution in [0.3, 0.4) is 0 Å². The number of ether oxygens (including phenoxy) is 1. The van der Waals surface area contributed by atoms with Crippen LogP contribution < -0.4 is 4.80 Å². The normalized spacial score (nSPS) is 33.0. The van der Waals surface area contributed by atoms with Crippen molar-refractivity contribution in [3.8, 4) is 0 Å². The van der Waals surface area contributed by atoms with Gasteiger partial charge in [-0.3, -0.25) is 9.36 Å². The molecule has 150 valence electrons. The van der Waals surface area contributed by atoms with Crippen LogP contribution in [0.2, 0.25) is 25.7 Å². The molecule has 0 saturated heterocycles. The third-order valence-corrected chi connectivity index (χ3v) is 9.81. The first-order chi connectivity index (χ1) is 12.7. The van der Waals surface area contributed by atoms with Crippen LogP contribution in [0, 0.1) is 23.2 Å². The molecule has 0 aromatic carbocycles. The quantitative estimate of drug-likeness (QED) is 0.419. The number of carbonyl (C=O) groups excluding carboxylic acids is 1. The lowest BCUT2D eigenvalue weighted by atomic mass is 9.49. The van der Waals surface area contributed by atoms with Crippen molar-refractivity contribution in [1.29, 1.82) is 0 Å². The van der Waals surface area contributed by atoms with Gasteiger partial charge in [0, 0.05) is 20.9 Å². The third-order valence-electron chi connectivity index (χ3n) is 6.61. The average Bonchev–Trinajstić information content (AvgIpc) is 2.89. The molecule has 0 radical (unpaired) electrons. The Morgan fingerprint density at radius 3 is 2.41 bits per heavy atom. The first-order valence-corrected chi connectivity index (χ1v) is 15.6. The molecule has 4 aliphatic carbocycles. The minimum absolute atomic E-state index is 0.131. The predicted molar refractivity (Wildman–Crippen MR) is 115 cm³/mol. The second-order valence-corrected chi connectivity index (χ2v) is 18.3. The van der Waals surface area contributed by atoms with Gasteiger partial charge in [-0.2, -0.15) is 4.99 Å². The number of aromatic nitrogens is 1. The van der Waals surface area contributed by atoms with Crippen LogP contribution in [-0.4, -0.2) is 25.2 Å². The molecule has 7 heteroatoms. The van der Waals surface area contributed by atoms with Gasteiger partial charge in [0.25, 0.3) is 5.91 Å². The number of thiazole rings is 1. The number of rotatable bonds is 6. The standard InChI is InChI=1S/C20H31BrN2O2SSi/c1-27(2,3)5-4-25-13-23-12-17(21)26-19(23)22-18(24)20-9-14-6-15(10-20)8-16(7-14)11-20/h12,14-16H,4-11,13H2,1-3H3/b22-19-. The summed E-state index contributed by atoms with van der Waals surface area (Å²) in [6.07, 6.45) is 9.25. The second-order valence-electron chi connectivity index (χ2n) is 10.3. The van der Waals surface area contributed by atoms with Crippen molar-refractivity contribution in [2.75, 3.05) is 6.61 Å². The van der Waals surface area contributed by atoms with E-state index >= 15 is 0 Å². The smallest absolute Gasteiger partial charge is 0.254 e. The fourth-order valence-corrected chi connectivity index (χ4v) is 7.79. The third kappa shape index (κ3) is 4.51. The van der Waals surface area contributed by atoms with Crippen molar-refractivity contribution >= 4 is 41.2 Å². The Bertz CT molecular complexity index is 744.